The molecular weight excluding hydrogens is 643 g/mol. The number of hydrogen-bond donors (Lipinski definition) is 1. The molecule has 0 radical (unpaired) electrons. The summed E-state index contributed by atoms with van der Waals surface area (Å²) in [5.41, 5.74) is 3.05. The van der Waals surface area contributed by atoms with Crippen molar-refractivity contribution >= 4 is 79.4 Å². The third-order valence-corrected chi connectivity index (χ3v) is 6.80. The fourth-order valence-corrected chi connectivity index (χ4v) is 4.66. The molecule has 1 fully saturated rings. The molecule has 2 amide bonds. The molecule has 0 aliphatic carbocycles. The molecule has 3 aromatic carbocycles. The van der Waals surface area contributed by atoms with Crippen LogP contribution in [0.5, 0.6) is 11.5 Å². The summed E-state index contributed by atoms with van der Waals surface area (Å²) >= 11 is 11.0. The Balaban J connectivity index is 1.60. The van der Waals surface area contributed by atoms with Crippen LogP contribution in [0.2, 0.25) is 0 Å². The highest BCUT2D eigenvalue weighted by Gasteiger charge is 2.35. The molecule has 1 aliphatic heterocycles. The van der Waals surface area contributed by atoms with Gasteiger partial charge < -0.3 is 9.47 Å². The Kier molecular flexibility index (Phi) is 7.88. The van der Waals surface area contributed by atoms with Gasteiger partial charge in [0.15, 0.2) is 16.6 Å². The Labute approximate surface area is 230 Å². The molecule has 6 nitrogen and oxygen atoms in total. The van der Waals surface area contributed by atoms with Gasteiger partial charge in [-0.2, -0.15) is 0 Å². The van der Waals surface area contributed by atoms with Gasteiger partial charge in [-0.15, -0.1) is 0 Å². The highest BCUT2D eigenvalue weighted by atomic mass is 127. The first-order valence-electron chi connectivity index (χ1n) is 10.5. The van der Waals surface area contributed by atoms with E-state index in [2.05, 4.69) is 43.8 Å². The number of anilines is 1. The number of carbonyl (C=O) groups excluding carboxylic acids is 2. The summed E-state index contributed by atoms with van der Waals surface area (Å²) in [7, 11) is 1.54. The fourth-order valence-electron chi connectivity index (χ4n) is 3.55. The molecule has 3 aromatic rings. The van der Waals surface area contributed by atoms with Crippen molar-refractivity contribution in [3.05, 3.63) is 91.0 Å². The zero-order valence-corrected chi connectivity index (χ0v) is 23.4. The Morgan fingerprint density at radius 2 is 1.80 bits per heavy atom. The number of thiocarbonyl (C=S) groups is 1. The van der Waals surface area contributed by atoms with Crippen LogP contribution in [0.4, 0.5) is 5.69 Å². The Morgan fingerprint density at radius 1 is 1.06 bits per heavy atom. The van der Waals surface area contributed by atoms with Gasteiger partial charge in [0.1, 0.15) is 12.2 Å². The summed E-state index contributed by atoms with van der Waals surface area (Å²) in [4.78, 5) is 27.3. The summed E-state index contributed by atoms with van der Waals surface area (Å²) < 4.78 is 13.5. The molecule has 35 heavy (non-hydrogen) atoms. The number of halogens is 2. The van der Waals surface area contributed by atoms with Gasteiger partial charge in [0.25, 0.3) is 11.8 Å². The lowest BCUT2D eigenvalue weighted by Gasteiger charge is -2.30. The SMILES string of the molecule is COc1cc(/C=C2\C(=O)NC(=S)N(c3ccc(Br)cc3C)C2=O)ccc1OCc1ccc(I)cc1. The van der Waals surface area contributed by atoms with Gasteiger partial charge in [-0.3, -0.25) is 19.8 Å². The van der Waals surface area contributed by atoms with Crippen LogP contribution < -0.4 is 19.7 Å². The molecule has 0 spiro atoms. The van der Waals surface area contributed by atoms with Crippen LogP contribution in [0, 0.1) is 10.5 Å². The second kappa shape index (κ2) is 10.9. The predicted molar refractivity (Wildman–Crippen MR) is 152 cm³/mol. The van der Waals surface area contributed by atoms with Crippen molar-refractivity contribution in [1.82, 2.24) is 5.32 Å². The molecule has 0 bridgehead atoms. The molecule has 0 aromatic heterocycles. The smallest absolute Gasteiger partial charge is 0.270 e. The Bertz CT molecular complexity index is 1360. The van der Waals surface area contributed by atoms with Crippen molar-refractivity contribution in [2.24, 2.45) is 0 Å². The summed E-state index contributed by atoms with van der Waals surface area (Å²) in [6, 6.07) is 18.8. The van der Waals surface area contributed by atoms with Crippen molar-refractivity contribution in [3.63, 3.8) is 0 Å². The fraction of sp³-hybridized carbons (Fsp3) is 0.115. The molecule has 9 heteroatoms. The number of carbonyl (C=O) groups is 2. The predicted octanol–water partition coefficient (Wildman–Crippen LogP) is 5.78. The van der Waals surface area contributed by atoms with E-state index in [0.29, 0.717) is 29.4 Å². The van der Waals surface area contributed by atoms with Crippen molar-refractivity contribution in [2.45, 2.75) is 13.5 Å². The molecule has 178 valence electrons. The first kappa shape index (κ1) is 25.3. The van der Waals surface area contributed by atoms with Crippen LogP contribution in [0.1, 0.15) is 16.7 Å². The van der Waals surface area contributed by atoms with Gasteiger partial charge in [-0.25, -0.2) is 0 Å². The van der Waals surface area contributed by atoms with Crippen molar-refractivity contribution in [2.75, 3.05) is 12.0 Å². The molecule has 0 unspecified atom stereocenters. The molecule has 1 N–H and O–H groups in total. The van der Waals surface area contributed by atoms with Gasteiger partial charge in [0.2, 0.25) is 0 Å². The van der Waals surface area contributed by atoms with Crippen molar-refractivity contribution < 1.29 is 19.1 Å². The van der Waals surface area contributed by atoms with Crippen molar-refractivity contribution in [1.29, 1.82) is 0 Å². The van der Waals surface area contributed by atoms with Crippen LogP contribution in [-0.2, 0) is 16.2 Å². The van der Waals surface area contributed by atoms with Gasteiger partial charge in [-0.05, 0) is 107 Å². The van der Waals surface area contributed by atoms with E-state index in [1.54, 1.807) is 31.4 Å². The Hall–Kier alpha value is -2.76. The van der Waals surface area contributed by atoms with Crippen molar-refractivity contribution in [3.8, 4) is 11.5 Å². The molecule has 1 heterocycles. The Morgan fingerprint density at radius 3 is 2.49 bits per heavy atom. The summed E-state index contributed by atoms with van der Waals surface area (Å²) in [6.07, 6.45) is 1.52. The third-order valence-electron chi connectivity index (χ3n) is 5.31. The number of amides is 2. The van der Waals surface area contributed by atoms with Crippen LogP contribution in [-0.4, -0.2) is 24.0 Å². The first-order valence-corrected chi connectivity index (χ1v) is 12.8. The van der Waals surface area contributed by atoms with E-state index in [9.17, 15) is 9.59 Å². The lowest BCUT2D eigenvalue weighted by Crippen LogP contribution is -2.54. The second-order valence-corrected chi connectivity index (χ2v) is 10.3. The van der Waals surface area contributed by atoms with Gasteiger partial charge in [0.05, 0.1) is 12.8 Å². The number of rotatable bonds is 6. The van der Waals surface area contributed by atoms with Gasteiger partial charge in [0, 0.05) is 8.04 Å². The molecule has 0 atom stereocenters. The summed E-state index contributed by atoms with van der Waals surface area (Å²) in [6.45, 7) is 2.25. The first-order chi connectivity index (χ1) is 16.8. The van der Waals surface area contributed by atoms with E-state index in [-0.39, 0.29) is 10.7 Å². The third kappa shape index (κ3) is 5.74. The summed E-state index contributed by atoms with van der Waals surface area (Å²) in [5.74, 6) is -0.00299. The minimum Gasteiger partial charge on any atom is -0.493 e. The van der Waals surface area contributed by atoms with E-state index in [1.807, 2.05) is 43.3 Å². The molecule has 4 rings (SSSR count). The zero-order chi connectivity index (χ0) is 25.1. The zero-order valence-electron chi connectivity index (χ0n) is 18.8. The molecule has 1 aliphatic rings. The number of nitrogens with one attached hydrogen (secondary N) is 1. The molecular formula is C26H20BrIN2O4S. The maximum atomic E-state index is 13.3. The van der Waals surface area contributed by atoms with E-state index < -0.39 is 11.8 Å². The minimum atomic E-state index is -0.552. The topological polar surface area (TPSA) is 67.9 Å². The monoisotopic (exact) mass is 662 g/mol. The molecule has 0 saturated carbocycles. The highest BCUT2D eigenvalue weighted by molar-refractivity contribution is 14.1. The largest absolute Gasteiger partial charge is 0.493 e. The quantitative estimate of drug-likeness (QED) is 0.157. The van der Waals surface area contributed by atoms with Gasteiger partial charge in [-0.1, -0.05) is 34.1 Å². The second-order valence-electron chi connectivity index (χ2n) is 7.71. The number of ether oxygens (including phenoxy) is 2. The molecule has 1 saturated heterocycles. The van der Waals surface area contributed by atoms with E-state index in [4.69, 9.17) is 21.7 Å². The number of hydrogen-bond acceptors (Lipinski definition) is 5. The lowest BCUT2D eigenvalue weighted by atomic mass is 10.1. The van der Waals surface area contributed by atoms with Crippen LogP contribution >= 0.6 is 50.7 Å². The van der Waals surface area contributed by atoms with Gasteiger partial charge >= 0.3 is 0 Å². The number of aryl methyl sites for hydroxylation is 1. The number of benzene rings is 3. The minimum absolute atomic E-state index is 0.0319. The number of nitrogens with zero attached hydrogens (tertiary/aromatic N) is 1. The van der Waals surface area contributed by atoms with Crippen LogP contribution in [0.15, 0.2) is 70.7 Å². The maximum absolute atomic E-state index is 13.3. The van der Waals surface area contributed by atoms with E-state index in [1.165, 1.54) is 11.0 Å². The standard InChI is InChI=1S/C26H20BrIN2O4S/c1-15-11-18(27)6-9-21(15)30-25(32)20(24(31)29-26(30)35)12-17-5-10-22(23(13-17)33-2)34-14-16-3-7-19(28)8-4-16/h3-13H,14H2,1-2H3,(H,29,31,35)/b20-12+. The van der Waals surface area contributed by atoms with Crippen LogP contribution in [0.25, 0.3) is 6.08 Å². The lowest BCUT2D eigenvalue weighted by molar-refractivity contribution is -0.122. The van der Waals surface area contributed by atoms with Crippen LogP contribution in [0.3, 0.4) is 0 Å². The maximum Gasteiger partial charge on any atom is 0.270 e. The van der Waals surface area contributed by atoms with E-state index >= 15 is 0 Å². The van der Waals surface area contributed by atoms with E-state index in [0.717, 1.165) is 19.2 Å². The summed E-state index contributed by atoms with van der Waals surface area (Å²) in [5, 5.41) is 2.66. The normalized spacial score (nSPS) is 14.8. The average molecular weight is 663 g/mol. The average Bonchev–Trinajstić information content (AvgIpc) is 2.83. The highest BCUT2D eigenvalue weighted by Crippen LogP contribution is 2.31. The number of methoxy groups -OCH3 is 1.